The van der Waals surface area contributed by atoms with Crippen LogP contribution >= 0.6 is 0 Å². The maximum absolute atomic E-state index is 12.4. The summed E-state index contributed by atoms with van der Waals surface area (Å²) in [6.07, 6.45) is 4.91. The van der Waals surface area contributed by atoms with Crippen LogP contribution in [0.2, 0.25) is 0 Å². The van der Waals surface area contributed by atoms with E-state index >= 15 is 0 Å². The molecule has 1 spiro atoms. The molecule has 3 heterocycles. The maximum atomic E-state index is 12.4. The van der Waals surface area contributed by atoms with Gasteiger partial charge in [-0.15, -0.1) is 0 Å². The number of aromatic amines is 1. The number of piperidine rings is 1. The molecule has 2 aromatic rings. The molecule has 1 aliphatic carbocycles. The zero-order valence-corrected chi connectivity index (χ0v) is 15.9. The van der Waals surface area contributed by atoms with E-state index in [0.717, 1.165) is 25.9 Å². The Kier molecular flexibility index (Phi) is 4.98. The Bertz CT molecular complexity index is 1040. The Morgan fingerprint density at radius 1 is 1.38 bits per heavy atom. The first-order valence-corrected chi connectivity index (χ1v) is 9.74. The highest BCUT2D eigenvalue weighted by Gasteiger charge is 2.44. The minimum absolute atomic E-state index is 0.0394. The van der Waals surface area contributed by atoms with Crippen LogP contribution < -0.4 is 15.8 Å². The van der Waals surface area contributed by atoms with E-state index < -0.39 is 24.2 Å². The van der Waals surface area contributed by atoms with Crippen molar-refractivity contribution in [3.05, 3.63) is 33.9 Å². The van der Waals surface area contributed by atoms with Crippen LogP contribution in [0.3, 0.4) is 0 Å². The molecule has 0 aromatic carbocycles. The lowest BCUT2D eigenvalue weighted by Gasteiger charge is -2.34. The van der Waals surface area contributed by atoms with Crippen molar-refractivity contribution in [3.63, 3.8) is 0 Å². The number of carbonyl (C=O) groups excluding carboxylic acids is 1. The lowest BCUT2D eigenvalue weighted by atomic mass is 9.92. The molecule has 1 amide bonds. The van der Waals surface area contributed by atoms with Gasteiger partial charge >= 0.3 is 0 Å². The third-order valence-electron chi connectivity index (χ3n) is 6.02. The molecule has 1 saturated heterocycles. The highest BCUT2D eigenvalue weighted by Crippen LogP contribution is 2.54. The molecule has 29 heavy (non-hydrogen) atoms. The summed E-state index contributed by atoms with van der Waals surface area (Å²) in [6, 6.07) is 3.58. The maximum Gasteiger partial charge on any atom is 0.269 e. The van der Waals surface area contributed by atoms with Gasteiger partial charge < -0.3 is 25.4 Å². The third kappa shape index (κ3) is 3.69. The van der Waals surface area contributed by atoms with Crippen molar-refractivity contribution >= 4 is 22.5 Å². The number of rotatable bonds is 5. The summed E-state index contributed by atoms with van der Waals surface area (Å²) in [5.74, 6) is -0.509. The third-order valence-corrected chi connectivity index (χ3v) is 6.02. The van der Waals surface area contributed by atoms with Crippen molar-refractivity contribution in [1.29, 1.82) is 5.26 Å². The minimum Gasteiger partial charge on any atom is -0.394 e. The van der Waals surface area contributed by atoms with Crippen molar-refractivity contribution in [1.82, 2.24) is 15.3 Å². The SMILES string of the molecule is N#Cc1c(N2CCC3(CC2)CC3)c2cc(C(=O)NCC(O)CO)ncc2[nH]c1=O. The van der Waals surface area contributed by atoms with Gasteiger partial charge in [0, 0.05) is 25.0 Å². The summed E-state index contributed by atoms with van der Waals surface area (Å²) in [6.45, 7) is 0.962. The summed E-state index contributed by atoms with van der Waals surface area (Å²) in [7, 11) is 0. The van der Waals surface area contributed by atoms with Crippen molar-refractivity contribution in [2.75, 3.05) is 31.1 Å². The Labute approximate surface area is 167 Å². The fourth-order valence-electron chi connectivity index (χ4n) is 3.98. The molecule has 4 rings (SSSR count). The number of pyridine rings is 2. The van der Waals surface area contributed by atoms with Gasteiger partial charge in [0.2, 0.25) is 0 Å². The molecule has 1 aliphatic heterocycles. The molecule has 4 N–H and O–H groups in total. The second-order valence-electron chi connectivity index (χ2n) is 7.94. The number of hydrogen-bond donors (Lipinski definition) is 4. The highest BCUT2D eigenvalue weighted by molar-refractivity contribution is 6.00. The fourth-order valence-corrected chi connectivity index (χ4v) is 3.98. The first-order valence-electron chi connectivity index (χ1n) is 9.74. The van der Waals surface area contributed by atoms with Gasteiger partial charge in [-0.1, -0.05) is 0 Å². The van der Waals surface area contributed by atoms with E-state index in [1.54, 1.807) is 6.07 Å². The van der Waals surface area contributed by atoms with Gasteiger partial charge in [-0.05, 0) is 37.2 Å². The topological polar surface area (TPSA) is 142 Å². The molecule has 2 aliphatic rings. The average molecular weight is 397 g/mol. The van der Waals surface area contributed by atoms with Crippen LogP contribution in [0.25, 0.3) is 10.9 Å². The van der Waals surface area contributed by atoms with Gasteiger partial charge in [0.15, 0.2) is 0 Å². The highest BCUT2D eigenvalue weighted by atomic mass is 16.3. The number of nitriles is 1. The Morgan fingerprint density at radius 3 is 2.72 bits per heavy atom. The number of amides is 1. The molecule has 152 valence electrons. The summed E-state index contributed by atoms with van der Waals surface area (Å²) in [5.41, 5.74) is 1.14. The second kappa shape index (κ2) is 7.46. The molecular formula is C20H23N5O4. The number of nitrogens with one attached hydrogen (secondary N) is 2. The number of hydrogen-bond acceptors (Lipinski definition) is 7. The molecule has 9 nitrogen and oxygen atoms in total. The van der Waals surface area contributed by atoms with Crippen LogP contribution in [0.4, 0.5) is 5.69 Å². The quantitative estimate of drug-likeness (QED) is 0.567. The lowest BCUT2D eigenvalue weighted by molar-refractivity contribution is 0.0799. The molecule has 0 bridgehead atoms. The second-order valence-corrected chi connectivity index (χ2v) is 7.94. The normalized spacial score (nSPS) is 18.4. The van der Waals surface area contributed by atoms with Gasteiger partial charge in [-0.3, -0.25) is 9.59 Å². The van der Waals surface area contributed by atoms with Crippen molar-refractivity contribution < 1.29 is 15.0 Å². The van der Waals surface area contributed by atoms with Gasteiger partial charge in [-0.2, -0.15) is 5.26 Å². The van der Waals surface area contributed by atoms with E-state index in [0.29, 0.717) is 22.0 Å². The van der Waals surface area contributed by atoms with E-state index in [4.69, 9.17) is 5.11 Å². The lowest BCUT2D eigenvalue weighted by Crippen LogP contribution is -2.36. The van der Waals surface area contributed by atoms with E-state index in [9.17, 15) is 20.0 Å². The van der Waals surface area contributed by atoms with Gasteiger partial charge in [0.05, 0.1) is 30.1 Å². The first kappa shape index (κ1) is 19.4. The van der Waals surface area contributed by atoms with E-state index in [2.05, 4.69) is 20.2 Å². The number of fused-ring (bicyclic) bond motifs is 1. The van der Waals surface area contributed by atoms with Crippen molar-refractivity contribution in [2.45, 2.75) is 31.8 Å². The summed E-state index contributed by atoms with van der Waals surface area (Å²) >= 11 is 0. The number of carbonyl (C=O) groups is 1. The smallest absolute Gasteiger partial charge is 0.269 e. The van der Waals surface area contributed by atoms with Crippen molar-refractivity contribution in [3.8, 4) is 6.07 Å². The van der Waals surface area contributed by atoms with Crippen LogP contribution in [-0.2, 0) is 0 Å². The summed E-state index contributed by atoms with van der Waals surface area (Å²) in [5, 5.41) is 31.0. The van der Waals surface area contributed by atoms with Gasteiger partial charge in [-0.25, -0.2) is 4.98 Å². The molecule has 2 aromatic heterocycles. The summed E-state index contributed by atoms with van der Waals surface area (Å²) < 4.78 is 0. The predicted molar refractivity (Wildman–Crippen MR) is 106 cm³/mol. The van der Waals surface area contributed by atoms with E-state index in [1.807, 2.05) is 6.07 Å². The van der Waals surface area contributed by atoms with Crippen LogP contribution in [-0.4, -0.2) is 58.4 Å². The zero-order chi connectivity index (χ0) is 20.6. The Hall–Kier alpha value is -2.96. The van der Waals surface area contributed by atoms with Gasteiger partial charge in [0.1, 0.15) is 17.3 Å². The fraction of sp³-hybridized carbons (Fsp3) is 0.500. The van der Waals surface area contributed by atoms with Crippen LogP contribution in [0, 0.1) is 16.7 Å². The molecule has 1 saturated carbocycles. The van der Waals surface area contributed by atoms with Gasteiger partial charge in [0.25, 0.3) is 11.5 Å². The predicted octanol–water partition coefficient (Wildman–Crippen LogP) is 0.258. The number of aromatic nitrogens is 2. The van der Waals surface area contributed by atoms with E-state index in [-0.39, 0.29) is 17.8 Å². The first-order chi connectivity index (χ1) is 14.0. The van der Waals surface area contributed by atoms with E-state index in [1.165, 1.54) is 19.0 Å². The minimum atomic E-state index is -1.06. The number of nitrogens with zero attached hydrogens (tertiary/aromatic N) is 3. The number of anilines is 1. The molecule has 1 unspecified atom stereocenters. The standard InChI is InChI=1S/C20H23N5O4/c21-8-14-17(25-5-3-20(1-2-20)4-6-25)13-7-15(19(29)23-9-12(27)11-26)22-10-16(13)24-18(14)28/h7,10,12,26-27H,1-6,9,11H2,(H,23,29)(H,24,28). The molecule has 0 radical (unpaired) electrons. The Morgan fingerprint density at radius 2 is 2.10 bits per heavy atom. The zero-order valence-electron chi connectivity index (χ0n) is 15.9. The molecule has 9 heteroatoms. The number of H-pyrrole nitrogens is 1. The molecule has 1 atom stereocenters. The molecule has 2 fully saturated rings. The Balaban J connectivity index is 1.72. The number of aliphatic hydroxyl groups is 2. The summed E-state index contributed by atoms with van der Waals surface area (Å²) in [4.78, 5) is 33.7. The van der Waals surface area contributed by atoms with Crippen LogP contribution in [0.5, 0.6) is 0 Å². The van der Waals surface area contributed by atoms with Crippen molar-refractivity contribution in [2.24, 2.45) is 5.41 Å². The number of aliphatic hydroxyl groups excluding tert-OH is 2. The van der Waals surface area contributed by atoms with Crippen LogP contribution in [0.1, 0.15) is 41.7 Å². The van der Waals surface area contributed by atoms with Crippen LogP contribution in [0.15, 0.2) is 17.1 Å². The largest absolute Gasteiger partial charge is 0.394 e. The average Bonchev–Trinajstić information content (AvgIpc) is 3.50. The molecular weight excluding hydrogens is 374 g/mol. The monoisotopic (exact) mass is 397 g/mol.